The molecule has 2 rings (SSSR count). The van der Waals surface area contributed by atoms with Crippen LogP contribution in [0.15, 0.2) is 30.5 Å². The van der Waals surface area contributed by atoms with Crippen LogP contribution in [0.4, 0.5) is 5.69 Å². The van der Waals surface area contributed by atoms with Gasteiger partial charge in [-0.25, -0.2) is 4.79 Å². The normalized spacial score (nSPS) is 10.3. The van der Waals surface area contributed by atoms with Gasteiger partial charge in [-0.2, -0.15) is 0 Å². The molecule has 1 heterocycles. The van der Waals surface area contributed by atoms with Crippen LogP contribution in [0.3, 0.4) is 0 Å². The molecule has 0 radical (unpaired) electrons. The molecule has 1 N–H and O–H groups in total. The van der Waals surface area contributed by atoms with Crippen LogP contribution in [0.1, 0.15) is 33.3 Å². The molecule has 0 bridgehead atoms. The van der Waals surface area contributed by atoms with Gasteiger partial charge in [0.2, 0.25) is 0 Å². The maximum Gasteiger partial charge on any atom is 0.355 e. The number of Topliss-reactive ketones (excluding diaryl/α,β-unsaturated/α-hetero) is 1. The number of ether oxygens (including phenoxy) is 1. The van der Waals surface area contributed by atoms with E-state index in [1.54, 1.807) is 25.2 Å². The topological polar surface area (TPSA) is 77.4 Å². The van der Waals surface area contributed by atoms with Crippen LogP contribution in [0.5, 0.6) is 0 Å². The van der Waals surface area contributed by atoms with Crippen molar-refractivity contribution in [2.75, 3.05) is 11.9 Å². The van der Waals surface area contributed by atoms with Gasteiger partial charge in [-0.3, -0.25) is 9.59 Å². The van der Waals surface area contributed by atoms with Crippen LogP contribution in [-0.2, 0) is 16.6 Å². The Balaban J connectivity index is 1.96. The highest BCUT2D eigenvalue weighted by atomic mass is 35.5. The quantitative estimate of drug-likeness (QED) is 0.665. The number of carbonyl (C=O) groups is 3. The Kier molecular flexibility index (Phi) is 5.41. The number of esters is 1. The van der Waals surface area contributed by atoms with Crippen LogP contribution in [0.25, 0.3) is 0 Å². The number of aromatic nitrogens is 1. The average Bonchev–Trinajstić information content (AvgIpc) is 2.90. The lowest BCUT2D eigenvalue weighted by Gasteiger charge is -2.09. The Morgan fingerprint density at radius 2 is 1.96 bits per heavy atom. The van der Waals surface area contributed by atoms with Crippen molar-refractivity contribution in [3.05, 3.63) is 52.3 Å². The van der Waals surface area contributed by atoms with E-state index in [1.165, 1.54) is 23.8 Å². The summed E-state index contributed by atoms with van der Waals surface area (Å²) in [6.45, 7) is 2.83. The predicted octanol–water partition coefficient (Wildman–Crippen LogP) is 2.99. The van der Waals surface area contributed by atoms with Gasteiger partial charge in [0.25, 0.3) is 5.91 Å². The molecule has 126 valence electrons. The summed E-state index contributed by atoms with van der Waals surface area (Å²) in [5, 5.41) is 2.98. The van der Waals surface area contributed by atoms with E-state index in [-0.39, 0.29) is 11.5 Å². The maximum absolute atomic E-state index is 12.0. The molecule has 6 nitrogen and oxygen atoms in total. The molecule has 0 aliphatic heterocycles. The number of ketones is 1. The van der Waals surface area contributed by atoms with Gasteiger partial charge in [0.15, 0.2) is 12.4 Å². The number of amides is 1. The Hall–Kier alpha value is -2.60. The third-order valence-electron chi connectivity index (χ3n) is 3.35. The molecule has 2 aromatic rings. The zero-order chi connectivity index (χ0) is 17.9. The molecule has 0 spiro atoms. The molecule has 0 unspecified atom stereocenters. The number of anilines is 1. The largest absolute Gasteiger partial charge is 0.451 e. The first-order valence-electron chi connectivity index (χ1n) is 7.18. The van der Waals surface area contributed by atoms with Crippen molar-refractivity contribution in [1.82, 2.24) is 4.57 Å². The van der Waals surface area contributed by atoms with Crippen LogP contribution in [-0.4, -0.2) is 28.8 Å². The van der Waals surface area contributed by atoms with E-state index in [4.69, 9.17) is 16.3 Å². The van der Waals surface area contributed by atoms with Crippen molar-refractivity contribution in [2.24, 2.45) is 7.05 Å². The van der Waals surface area contributed by atoms with E-state index in [2.05, 4.69) is 5.32 Å². The summed E-state index contributed by atoms with van der Waals surface area (Å²) in [5.41, 5.74) is 2.01. The number of nitrogens with one attached hydrogen (secondary N) is 1. The number of aryl methyl sites for hydroxylation is 2. The summed E-state index contributed by atoms with van der Waals surface area (Å²) in [4.78, 5) is 35.2. The van der Waals surface area contributed by atoms with Crippen molar-refractivity contribution in [2.45, 2.75) is 13.8 Å². The highest BCUT2D eigenvalue weighted by molar-refractivity contribution is 6.33. The molecular weight excluding hydrogens is 332 g/mol. The first-order chi connectivity index (χ1) is 11.3. The second kappa shape index (κ2) is 7.31. The second-order valence-electron chi connectivity index (χ2n) is 5.39. The molecular formula is C17H17ClN2O4. The minimum absolute atomic E-state index is 0.156. The standard InChI is InChI=1S/C17H17ClN2O4/c1-10-4-5-14(13(18)6-10)19-16(22)9-24-17(23)15-7-12(11(2)21)8-20(15)3/h4-8H,9H2,1-3H3,(H,19,22). The fourth-order valence-corrected chi connectivity index (χ4v) is 2.36. The monoisotopic (exact) mass is 348 g/mol. The lowest BCUT2D eigenvalue weighted by Crippen LogP contribution is -2.22. The first-order valence-corrected chi connectivity index (χ1v) is 7.56. The minimum atomic E-state index is -0.685. The van der Waals surface area contributed by atoms with Crippen LogP contribution in [0, 0.1) is 6.92 Å². The molecule has 1 aromatic carbocycles. The summed E-state index contributed by atoms with van der Waals surface area (Å²) in [6, 6.07) is 6.63. The van der Waals surface area contributed by atoms with E-state index < -0.39 is 18.5 Å². The van der Waals surface area contributed by atoms with Crippen LogP contribution >= 0.6 is 11.6 Å². The van der Waals surface area contributed by atoms with Gasteiger partial charge in [0, 0.05) is 18.8 Å². The highest BCUT2D eigenvalue weighted by Crippen LogP contribution is 2.22. The SMILES string of the molecule is CC(=O)c1cc(C(=O)OCC(=O)Nc2ccc(C)cc2Cl)n(C)c1. The van der Waals surface area contributed by atoms with E-state index in [1.807, 2.05) is 6.92 Å². The third-order valence-corrected chi connectivity index (χ3v) is 3.67. The summed E-state index contributed by atoms with van der Waals surface area (Å²) >= 11 is 6.03. The number of hydrogen-bond acceptors (Lipinski definition) is 4. The van der Waals surface area contributed by atoms with E-state index in [0.717, 1.165) is 5.56 Å². The molecule has 0 aliphatic rings. The van der Waals surface area contributed by atoms with Gasteiger partial charge in [0.1, 0.15) is 5.69 Å². The van der Waals surface area contributed by atoms with Gasteiger partial charge in [-0.15, -0.1) is 0 Å². The van der Waals surface area contributed by atoms with Gasteiger partial charge in [-0.1, -0.05) is 17.7 Å². The number of carbonyl (C=O) groups excluding carboxylic acids is 3. The van der Waals surface area contributed by atoms with Crippen molar-refractivity contribution in [1.29, 1.82) is 0 Å². The van der Waals surface area contributed by atoms with Crippen LogP contribution < -0.4 is 5.32 Å². The van der Waals surface area contributed by atoms with Gasteiger partial charge < -0.3 is 14.6 Å². The Morgan fingerprint density at radius 1 is 1.25 bits per heavy atom. The molecule has 1 amide bonds. The van der Waals surface area contributed by atoms with Crippen molar-refractivity contribution < 1.29 is 19.1 Å². The van der Waals surface area contributed by atoms with Gasteiger partial charge in [-0.05, 0) is 37.6 Å². The minimum Gasteiger partial charge on any atom is -0.451 e. The zero-order valence-corrected chi connectivity index (χ0v) is 14.3. The van der Waals surface area contributed by atoms with Crippen molar-refractivity contribution in [3.8, 4) is 0 Å². The number of hydrogen-bond donors (Lipinski definition) is 1. The average molecular weight is 349 g/mol. The number of halogens is 1. The van der Waals surface area contributed by atoms with E-state index in [0.29, 0.717) is 16.3 Å². The summed E-state index contributed by atoms with van der Waals surface area (Å²) in [7, 11) is 1.62. The summed E-state index contributed by atoms with van der Waals surface area (Å²) in [6.07, 6.45) is 1.53. The smallest absolute Gasteiger partial charge is 0.355 e. The van der Waals surface area contributed by atoms with Gasteiger partial charge in [0.05, 0.1) is 10.7 Å². The predicted molar refractivity (Wildman–Crippen MR) is 90.5 cm³/mol. The van der Waals surface area contributed by atoms with E-state index in [9.17, 15) is 14.4 Å². The fourth-order valence-electron chi connectivity index (χ4n) is 2.07. The van der Waals surface area contributed by atoms with Crippen LogP contribution in [0.2, 0.25) is 5.02 Å². The van der Waals surface area contributed by atoms with E-state index >= 15 is 0 Å². The third kappa shape index (κ3) is 4.23. The lowest BCUT2D eigenvalue weighted by molar-refractivity contribution is -0.119. The maximum atomic E-state index is 12.0. The fraction of sp³-hybridized carbons (Fsp3) is 0.235. The number of nitrogens with zero attached hydrogens (tertiary/aromatic N) is 1. The van der Waals surface area contributed by atoms with Crippen molar-refractivity contribution >= 4 is 34.9 Å². The Morgan fingerprint density at radius 3 is 2.54 bits per heavy atom. The Labute approximate surface area is 144 Å². The van der Waals surface area contributed by atoms with Crippen molar-refractivity contribution in [3.63, 3.8) is 0 Å². The molecule has 0 atom stereocenters. The van der Waals surface area contributed by atoms with Gasteiger partial charge >= 0.3 is 5.97 Å². The zero-order valence-electron chi connectivity index (χ0n) is 13.6. The second-order valence-corrected chi connectivity index (χ2v) is 5.80. The number of benzene rings is 1. The lowest BCUT2D eigenvalue weighted by atomic mass is 10.2. The summed E-state index contributed by atoms with van der Waals surface area (Å²) in [5.74, 6) is -1.35. The highest BCUT2D eigenvalue weighted by Gasteiger charge is 2.16. The molecule has 0 fully saturated rings. The molecule has 0 aliphatic carbocycles. The molecule has 0 saturated carbocycles. The first kappa shape index (κ1) is 17.7. The molecule has 0 saturated heterocycles. The Bertz CT molecular complexity index is 811. The molecule has 7 heteroatoms. The number of rotatable bonds is 5. The molecule has 1 aromatic heterocycles. The molecule has 24 heavy (non-hydrogen) atoms. The summed E-state index contributed by atoms with van der Waals surface area (Å²) < 4.78 is 6.45.